The van der Waals surface area contributed by atoms with Crippen LogP contribution in [-0.4, -0.2) is 18.7 Å². The Morgan fingerprint density at radius 1 is 1.17 bits per heavy atom. The summed E-state index contributed by atoms with van der Waals surface area (Å²) in [5.74, 6) is 0. The maximum atomic E-state index is 6.43. The van der Waals surface area contributed by atoms with Crippen molar-refractivity contribution < 1.29 is 4.74 Å². The zero-order valence-corrected chi connectivity index (χ0v) is 11.4. The molecular formula is C15H20ClNO. The minimum absolute atomic E-state index is 0.0559. The van der Waals surface area contributed by atoms with Gasteiger partial charge in [0.2, 0.25) is 0 Å². The van der Waals surface area contributed by atoms with Gasteiger partial charge in [0, 0.05) is 23.7 Å². The lowest BCUT2D eigenvalue weighted by Crippen LogP contribution is -2.51. The summed E-state index contributed by atoms with van der Waals surface area (Å²) in [7, 11) is 0. The summed E-state index contributed by atoms with van der Waals surface area (Å²) in [6.07, 6.45) is 6.39. The van der Waals surface area contributed by atoms with E-state index in [0.717, 1.165) is 23.7 Å². The molecule has 0 amide bonds. The molecular weight excluding hydrogens is 246 g/mol. The predicted octanol–water partition coefficient (Wildman–Crippen LogP) is 3.70. The van der Waals surface area contributed by atoms with Crippen molar-refractivity contribution in [2.45, 2.75) is 43.8 Å². The summed E-state index contributed by atoms with van der Waals surface area (Å²) in [6.45, 7) is 1.86. The fraction of sp³-hybridized carbons (Fsp3) is 0.600. The molecule has 1 aliphatic carbocycles. The highest BCUT2D eigenvalue weighted by atomic mass is 35.5. The highest BCUT2D eigenvalue weighted by Gasteiger charge is 2.38. The molecule has 2 fully saturated rings. The second-order valence-corrected chi connectivity index (χ2v) is 5.91. The van der Waals surface area contributed by atoms with Crippen molar-refractivity contribution in [1.82, 2.24) is 5.32 Å². The van der Waals surface area contributed by atoms with Crippen LogP contribution in [0.2, 0.25) is 5.02 Å². The van der Waals surface area contributed by atoms with E-state index in [1.54, 1.807) is 0 Å². The summed E-state index contributed by atoms with van der Waals surface area (Å²) in [6, 6.07) is 8.03. The molecule has 98 valence electrons. The van der Waals surface area contributed by atoms with E-state index >= 15 is 0 Å². The summed E-state index contributed by atoms with van der Waals surface area (Å²) >= 11 is 6.28. The molecule has 0 radical (unpaired) electrons. The van der Waals surface area contributed by atoms with Crippen molar-refractivity contribution in [3.05, 3.63) is 34.9 Å². The van der Waals surface area contributed by atoms with Crippen LogP contribution in [0.25, 0.3) is 0 Å². The van der Waals surface area contributed by atoms with Crippen LogP contribution in [0.4, 0.5) is 0 Å². The minimum atomic E-state index is 0.0559. The normalized spacial score (nSPS) is 27.3. The van der Waals surface area contributed by atoms with E-state index < -0.39 is 0 Å². The second kappa shape index (κ2) is 5.20. The Bertz CT molecular complexity index is 409. The van der Waals surface area contributed by atoms with Gasteiger partial charge in [0.05, 0.1) is 11.7 Å². The standard InChI is InChI=1S/C15H20ClNO/c16-13-7-3-2-6-12(13)14-10-17-11-15(18-14)8-4-1-5-9-15/h2-3,6-7,14,17H,1,4-5,8-11H2. The lowest BCUT2D eigenvalue weighted by molar-refractivity contribution is -0.135. The Kier molecular flexibility index (Phi) is 3.60. The number of hydrogen-bond acceptors (Lipinski definition) is 2. The van der Waals surface area contributed by atoms with E-state index in [9.17, 15) is 0 Å². The van der Waals surface area contributed by atoms with Crippen LogP contribution >= 0.6 is 11.6 Å². The van der Waals surface area contributed by atoms with E-state index in [-0.39, 0.29) is 11.7 Å². The lowest BCUT2D eigenvalue weighted by atomic mass is 9.83. The molecule has 1 spiro atoms. The minimum Gasteiger partial charge on any atom is -0.364 e. The van der Waals surface area contributed by atoms with Gasteiger partial charge in [-0.25, -0.2) is 0 Å². The third-order valence-electron chi connectivity index (χ3n) is 4.19. The van der Waals surface area contributed by atoms with Crippen molar-refractivity contribution in [3.63, 3.8) is 0 Å². The SMILES string of the molecule is Clc1ccccc1C1CNCC2(CCCCC2)O1. The first-order valence-electron chi connectivity index (χ1n) is 6.92. The number of morpholine rings is 1. The van der Waals surface area contributed by atoms with E-state index in [0.29, 0.717) is 0 Å². The molecule has 0 aromatic heterocycles. The molecule has 0 bridgehead atoms. The van der Waals surface area contributed by atoms with Crippen LogP contribution in [0.15, 0.2) is 24.3 Å². The van der Waals surface area contributed by atoms with Gasteiger partial charge in [0.1, 0.15) is 0 Å². The fourth-order valence-electron chi connectivity index (χ4n) is 3.22. The topological polar surface area (TPSA) is 21.3 Å². The molecule has 1 aromatic rings. The summed E-state index contributed by atoms with van der Waals surface area (Å²) in [5, 5.41) is 4.35. The molecule has 1 unspecified atom stereocenters. The molecule has 1 saturated carbocycles. The van der Waals surface area contributed by atoms with E-state index in [1.165, 1.54) is 32.1 Å². The molecule has 1 heterocycles. The number of nitrogens with one attached hydrogen (secondary N) is 1. The van der Waals surface area contributed by atoms with E-state index in [4.69, 9.17) is 16.3 Å². The third kappa shape index (κ3) is 2.42. The number of hydrogen-bond donors (Lipinski definition) is 1. The van der Waals surface area contributed by atoms with Gasteiger partial charge < -0.3 is 10.1 Å². The van der Waals surface area contributed by atoms with Crippen LogP contribution in [0.3, 0.4) is 0 Å². The predicted molar refractivity (Wildman–Crippen MR) is 74.0 cm³/mol. The van der Waals surface area contributed by atoms with Gasteiger partial charge in [0.15, 0.2) is 0 Å². The zero-order valence-electron chi connectivity index (χ0n) is 10.6. The summed E-state index contributed by atoms with van der Waals surface area (Å²) in [4.78, 5) is 0. The molecule has 1 aliphatic heterocycles. The Labute approximate surface area is 114 Å². The van der Waals surface area contributed by atoms with Crippen LogP contribution in [0.1, 0.15) is 43.8 Å². The average Bonchev–Trinajstić information content (AvgIpc) is 2.40. The highest BCUT2D eigenvalue weighted by Crippen LogP contribution is 2.39. The Balaban J connectivity index is 1.80. The molecule has 1 atom stereocenters. The highest BCUT2D eigenvalue weighted by molar-refractivity contribution is 6.31. The zero-order chi connectivity index (χ0) is 12.4. The van der Waals surface area contributed by atoms with Gasteiger partial charge in [-0.2, -0.15) is 0 Å². The average molecular weight is 266 g/mol. The molecule has 2 aliphatic rings. The first-order valence-corrected chi connectivity index (χ1v) is 7.30. The molecule has 18 heavy (non-hydrogen) atoms. The lowest BCUT2D eigenvalue weighted by Gasteiger charge is -2.44. The Hall–Kier alpha value is -0.570. The molecule has 1 N–H and O–H groups in total. The van der Waals surface area contributed by atoms with Crippen molar-refractivity contribution in [1.29, 1.82) is 0 Å². The van der Waals surface area contributed by atoms with Gasteiger partial charge in [-0.3, -0.25) is 0 Å². The molecule has 1 saturated heterocycles. The monoisotopic (exact) mass is 265 g/mol. The van der Waals surface area contributed by atoms with E-state index in [2.05, 4.69) is 11.4 Å². The Morgan fingerprint density at radius 3 is 2.72 bits per heavy atom. The maximum absolute atomic E-state index is 6.43. The number of ether oxygens (including phenoxy) is 1. The first-order chi connectivity index (χ1) is 8.79. The fourth-order valence-corrected chi connectivity index (χ4v) is 3.47. The smallest absolute Gasteiger partial charge is 0.0971 e. The second-order valence-electron chi connectivity index (χ2n) is 5.50. The molecule has 3 rings (SSSR count). The van der Waals surface area contributed by atoms with Crippen LogP contribution in [0, 0.1) is 0 Å². The Morgan fingerprint density at radius 2 is 1.94 bits per heavy atom. The number of benzene rings is 1. The van der Waals surface area contributed by atoms with Crippen molar-refractivity contribution in [2.24, 2.45) is 0 Å². The van der Waals surface area contributed by atoms with Crippen molar-refractivity contribution >= 4 is 11.6 Å². The summed E-state index contributed by atoms with van der Waals surface area (Å²) in [5.41, 5.74) is 1.18. The molecule has 3 heteroatoms. The van der Waals surface area contributed by atoms with Crippen molar-refractivity contribution in [3.8, 4) is 0 Å². The number of halogens is 1. The largest absolute Gasteiger partial charge is 0.364 e. The molecule has 1 aromatic carbocycles. The maximum Gasteiger partial charge on any atom is 0.0971 e. The van der Waals surface area contributed by atoms with Gasteiger partial charge in [0.25, 0.3) is 0 Å². The van der Waals surface area contributed by atoms with Gasteiger partial charge in [-0.15, -0.1) is 0 Å². The number of rotatable bonds is 1. The van der Waals surface area contributed by atoms with E-state index in [1.807, 2.05) is 18.2 Å². The van der Waals surface area contributed by atoms with Gasteiger partial charge in [-0.05, 0) is 18.9 Å². The van der Waals surface area contributed by atoms with Gasteiger partial charge in [-0.1, -0.05) is 49.1 Å². The van der Waals surface area contributed by atoms with Crippen LogP contribution < -0.4 is 5.32 Å². The van der Waals surface area contributed by atoms with Crippen molar-refractivity contribution in [2.75, 3.05) is 13.1 Å². The third-order valence-corrected chi connectivity index (χ3v) is 4.53. The molecule has 2 nitrogen and oxygen atoms in total. The summed E-state index contributed by atoms with van der Waals surface area (Å²) < 4.78 is 6.43. The van der Waals surface area contributed by atoms with Crippen LogP contribution in [-0.2, 0) is 4.74 Å². The quantitative estimate of drug-likeness (QED) is 0.836. The van der Waals surface area contributed by atoms with Crippen LogP contribution in [0.5, 0.6) is 0 Å². The first kappa shape index (κ1) is 12.5. The van der Waals surface area contributed by atoms with Gasteiger partial charge >= 0.3 is 0 Å².